The predicted molar refractivity (Wildman–Crippen MR) is 132 cm³/mol. The van der Waals surface area contributed by atoms with Crippen molar-refractivity contribution in [3.63, 3.8) is 0 Å². The van der Waals surface area contributed by atoms with Crippen LogP contribution < -0.4 is 14.8 Å². The molecule has 1 amide bonds. The number of thioether (sulfide) groups is 1. The molecule has 1 N–H and O–H groups in total. The van der Waals surface area contributed by atoms with Crippen molar-refractivity contribution < 1.29 is 19.2 Å². The number of para-hydroxylation sites is 1. The Labute approximate surface area is 205 Å². The molecule has 0 unspecified atom stereocenters. The lowest BCUT2D eigenvalue weighted by atomic mass is 10.2. The van der Waals surface area contributed by atoms with E-state index in [1.807, 2.05) is 47.0 Å². The molecule has 1 aromatic heterocycles. The lowest BCUT2D eigenvalue weighted by molar-refractivity contribution is -0.384. The summed E-state index contributed by atoms with van der Waals surface area (Å²) < 4.78 is 12.6. The second-order valence-electron chi connectivity index (χ2n) is 7.19. The molecule has 11 heteroatoms. The summed E-state index contributed by atoms with van der Waals surface area (Å²) in [6, 6.07) is 20.8. The van der Waals surface area contributed by atoms with Crippen LogP contribution in [0.5, 0.6) is 11.5 Å². The number of amides is 1. The highest BCUT2D eigenvalue weighted by molar-refractivity contribution is 7.99. The van der Waals surface area contributed by atoms with Crippen LogP contribution >= 0.6 is 11.8 Å². The van der Waals surface area contributed by atoms with Gasteiger partial charge in [0.15, 0.2) is 22.5 Å². The molecular weight excluding hydrogens is 470 g/mol. The molecule has 4 aromatic rings. The third-order valence-electron chi connectivity index (χ3n) is 4.96. The standard InChI is InChI=1S/C24H21N5O5S/c1-33-20-12-11-16(13-21(20)34-2)23-26-27-24(28(23)18-8-4-3-5-9-18)35-15-22(30)25-17-7-6-10-19(14-17)29(31)32/h3-14H,15H2,1-2H3,(H,25,30). The number of nitro benzene ring substituents is 1. The number of nitrogens with one attached hydrogen (secondary N) is 1. The summed E-state index contributed by atoms with van der Waals surface area (Å²) in [5.74, 6) is 1.41. The van der Waals surface area contributed by atoms with Crippen LogP contribution in [0.15, 0.2) is 78.0 Å². The van der Waals surface area contributed by atoms with Gasteiger partial charge in [-0.1, -0.05) is 36.0 Å². The molecule has 10 nitrogen and oxygen atoms in total. The highest BCUT2D eigenvalue weighted by atomic mass is 32.2. The SMILES string of the molecule is COc1ccc(-c2nnc(SCC(=O)Nc3cccc([N+](=O)[O-])c3)n2-c2ccccc2)cc1OC. The second-order valence-corrected chi connectivity index (χ2v) is 8.13. The molecule has 0 bridgehead atoms. The van der Waals surface area contributed by atoms with Gasteiger partial charge in [0.1, 0.15) is 0 Å². The first-order valence-electron chi connectivity index (χ1n) is 10.4. The Morgan fingerprint density at radius 1 is 1.00 bits per heavy atom. The Hall–Kier alpha value is -4.38. The Bertz CT molecular complexity index is 1360. The van der Waals surface area contributed by atoms with Gasteiger partial charge >= 0.3 is 0 Å². The van der Waals surface area contributed by atoms with Crippen molar-refractivity contribution in [1.29, 1.82) is 0 Å². The zero-order valence-corrected chi connectivity index (χ0v) is 19.7. The Balaban J connectivity index is 1.60. The summed E-state index contributed by atoms with van der Waals surface area (Å²) >= 11 is 1.20. The monoisotopic (exact) mass is 491 g/mol. The van der Waals surface area contributed by atoms with Crippen molar-refractivity contribution >= 4 is 29.0 Å². The molecule has 0 fully saturated rings. The van der Waals surface area contributed by atoms with Crippen LogP contribution in [0, 0.1) is 10.1 Å². The summed E-state index contributed by atoms with van der Waals surface area (Å²) in [6.07, 6.45) is 0. The van der Waals surface area contributed by atoms with Crippen LogP contribution in [0.1, 0.15) is 0 Å². The van der Waals surface area contributed by atoms with E-state index in [0.717, 1.165) is 11.3 Å². The topological polar surface area (TPSA) is 121 Å². The number of non-ortho nitro benzene ring substituents is 1. The summed E-state index contributed by atoms with van der Waals surface area (Å²) in [5, 5.41) is 22.9. The highest BCUT2D eigenvalue weighted by Crippen LogP contribution is 2.34. The Morgan fingerprint density at radius 2 is 1.77 bits per heavy atom. The summed E-state index contributed by atoms with van der Waals surface area (Å²) in [5.41, 5.74) is 1.83. The van der Waals surface area contributed by atoms with E-state index < -0.39 is 4.92 Å². The zero-order valence-electron chi connectivity index (χ0n) is 18.9. The molecular formula is C24H21N5O5S. The van der Waals surface area contributed by atoms with Crippen LogP contribution in [-0.2, 0) is 4.79 Å². The molecule has 35 heavy (non-hydrogen) atoms. The van der Waals surface area contributed by atoms with E-state index in [0.29, 0.717) is 28.2 Å². The molecule has 4 rings (SSSR count). The number of nitrogens with zero attached hydrogens (tertiary/aromatic N) is 4. The number of hydrogen-bond donors (Lipinski definition) is 1. The number of rotatable bonds is 9. The number of carbonyl (C=O) groups excluding carboxylic acids is 1. The molecule has 0 aliphatic rings. The van der Waals surface area contributed by atoms with E-state index in [-0.39, 0.29) is 17.3 Å². The fraction of sp³-hybridized carbons (Fsp3) is 0.125. The third-order valence-corrected chi connectivity index (χ3v) is 5.89. The van der Waals surface area contributed by atoms with Crippen LogP contribution in [0.25, 0.3) is 17.1 Å². The number of aromatic nitrogens is 3. The van der Waals surface area contributed by atoms with Gasteiger partial charge < -0.3 is 14.8 Å². The smallest absolute Gasteiger partial charge is 0.271 e. The maximum atomic E-state index is 12.6. The Morgan fingerprint density at radius 3 is 2.49 bits per heavy atom. The molecule has 0 spiro atoms. The lowest BCUT2D eigenvalue weighted by Crippen LogP contribution is -2.14. The molecule has 0 aliphatic carbocycles. The second kappa shape index (κ2) is 10.7. The van der Waals surface area contributed by atoms with Gasteiger partial charge in [0.2, 0.25) is 5.91 Å². The minimum atomic E-state index is -0.511. The molecule has 1 heterocycles. The van der Waals surface area contributed by atoms with Gasteiger partial charge in [0, 0.05) is 29.1 Å². The minimum absolute atomic E-state index is 0.0274. The summed E-state index contributed by atoms with van der Waals surface area (Å²) in [6.45, 7) is 0. The van der Waals surface area contributed by atoms with Gasteiger partial charge in [-0.05, 0) is 36.4 Å². The van der Waals surface area contributed by atoms with E-state index in [1.165, 1.54) is 30.0 Å². The number of nitro groups is 1. The van der Waals surface area contributed by atoms with E-state index in [9.17, 15) is 14.9 Å². The molecule has 3 aromatic carbocycles. The number of hydrogen-bond acceptors (Lipinski definition) is 8. The molecule has 0 radical (unpaired) electrons. The van der Waals surface area contributed by atoms with Crippen molar-refractivity contribution in [3.05, 3.63) is 82.9 Å². The summed E-state index contributed by atoms with van der Waals surface area (Å²) in [4.78, 5) is 23.0. The molecule has 0 aliphatic heterocycles. The average Bonchev–Trinajstić information content (AvgIpc) is 3.31. The maximum Gasteiger partial charge on any atom is 0.271 e. The fourth-order valence-electron chi connectivity index (χ4n) is 3.36. The Kier molecular flexibility index (Phi) is 7.27. The van der Waals surface area contributed by atoms with E-state index >= 15 is 0 Å². The van der Waals surface area contributed by atoms with Gasteiger partial charge in [-0.15, -0.1) is 10.2 Å². The largest absolute Gasteiger partial charge is 0.493 e. The third kappa shape index (κ3) is 5.41. The van der Waals surface area contributed by atoms with Gasteiger partial charge in [0.25, 0.3) is 5.69 Å². The first-order chi connectivity index (χ1) is 17.0. The average molecular weight is 492 g/mol. The summed E-state index contributed by atoms with van der Waals surface area (Å²) in [7, 11) is 3.13. The lowest BCUT2D eigenvalue weighted by Gasteiger charge is -2.12. The molecule has 0 saturated carbocycles. The van der Waals surface area contributed by atoms with Crippen molar-refractivity contribution in [2.75, 3.05) is 25.3 Å². The first kappa shape index (κ1) is 23.8. The molecule has 0 saturated heterocycles. The number of methoxy groups -OCH3 is 2. The quantitative estimate of drug-likeness (QED) is 0.205. The number of ether oxygens (including phenoxy) is 2. The highest BCUT2D eigenvalue weighted by Gasteiger charge is 2.19. The van der Waals surface area contributed by atoms with E-state index in [1.54, 1.807) is 26.4 Å². The maximum absolute atomic E-state index is 12.6. The fourth-order valence-corrected chi connectivity index (χ4v) is 4.11. The first-order valence-corrected chi connectivity index (χ1v) is 11.4. The zero-order chi connectivity index (χ0) is 24.8. The van der Waals surface area contributed by atoms with Crippen molar-refractivity contribution in [1.82, 2.24) is 14.8 Å². The van der Waals surface area contributed by atoms with E-state index in [4.69, 9.17) is 9.47 Å². The van der Waals surface area contributed by atoms with Crippen LogP contribution in [0.3, 0.4) is 0 Å². The van der Waals surface area contributed by atoms with Crippen molar-refractivity contribution in [3.8, 4) is 28.6 Å². The molecule has 0 atom stereocenters. The van der Waals surface area contributed by atoms with Gasteiger partial charge in [0.05, 0.1) is 24.9 Å². The number of benzene rings is 3. The minimum Gasteiger partial charge on any atom is -0.493 e. The molecule has 178 valence electrons. The van der Waals surface area contributed by atoms with Crippen molar-refractivity contribution in [2.24, 2.45) is 0 Å². The predicted octanol–water partition coefficient (Wildman–Crippen LogP) is 4.59. The van der Waals surface area contributed by atoms with Gasteiger partial charge in [-0.25, -0.2) is 0 Å². The number of anilines is 1. The van der Waals surface area contributed by atoms with Gasteiger partial charge in [-0.3, -0.25) is 19.5 Å². The van der Waals surface area contributed by atoms with E-state index in [2.05, 4.69) is 15.5 Å². The van der Waals surface area contributed by atoms with Crippen LogP contribution in [0.4, 0.5) is 11.4 Å². The van der Waals surface area contributed by atoms with Gasteiger partial charge in [-0.2, -0.15) is 0 Å². The van der Waals surface area contributed by atoms with Crippen LogP contribution in [-0.4, -0.2) is 45.6 Å². The van der Waals surface area contributed by atoms with Crippen LogP contribution in [0.2, 0.25) is 0 Å². The number of carbonyl (C=O) groups is 1. The van der Waals surface area contributed by atoms with Crippen molar-refractivity contribution in [2.45, 2.75) is 5.16 Å². The normalized spacial score (nSPS) is 10.6.